The van der Waals surface area contributed by atoms with Gasteiger partial charge in [-0.1, -0.05) is 0 Å². The minimum absolute atomic E-state index is 0.0875. The maximum absolute atomic E-state index is 13.3. The molecule has 10 heteroatoms. The van der Waals surface area contributed by atoms with Crippen LogP contribution in [-0.2, 0) is 10.0 Å². The Morgan fingerprint density at radius 3 is 2.32 bits per heavy atom. The molecule has 1 aliphatic rings. The topological polar surface area (TPSA) is 84.2 Å². The van der Waals surface area contributed by atoms with Crippen LogP contribution in [0.25, 0.3) is 0 Å². The Morgan fingerprint density at radius 1 is 1.00 bits per heavy atom. The summed E-state index contributed by atoms with van der Waals surface area (Å²) in [5, 5.41) is 0. The van der Waals surface area contributed by atoms with E-state index < -0.39 is 10.0 Å². The van der Waals surface area contributed by atoms with Crippen molar-refractivity contribution >= 4 is 15.7 Å². The summed E-state index contributed by atoms with van der Waals surface area (Å²) in [4.78, 5) is 4.46. The van der Waals surface area contributed by atoms with Gasteiger partial charge in [0.05, 0.1) is 31.4 Å². The van der Waals surface area contributed by atoms with E-state index in [4.69, 9.17) is 13.9 Å². The highest BCUT2D eigenvalue weighted by atomic mass is 32.2. The summed E-state index contributed by atoms with van der Waals surface area (Å²) in [5.41, 5.74) is 0.963. The van der Waals surface area contributed by atoms with Crippen molar-refractivity contribution in [1.82, 2.24) is 9.62 Å². The van der Waals surface area contributed by atoms with E-state index in [0.29, 0.717) is 30.3 Å². The summed E-state index contributed by atoms with van der Waals surface area (Å²) < 4.78 is 58.1. The van der Waals surface area contributed by atoms with E-state index in [1.807, 2.05) is 6.07 Å². The zero-order valence-electron chi connectivity index (χ0n) is 19.1. The number of nitrogens with one attached hydrogen (secondary N) is 1. The van der Waals surface area contributed by atoms with Crippen molar-refractivity contribution in [1.29, 1.82) is 0 Å². The molecule has 182 valence electrons. The van der Waals surface area contributed by atoms with Gasteiger partial charge in [-0.25, -0.2) is 17.5 Å². The standard InChI is InChI=1S/C24H28FN3O5S/c1-31-23-10-9-20(16-24(23)32-2)34(29,30)26-17-21(22-4-3-15-33-22)28-13-11-27(12-14-28)19-7-5-18(25)6-8-19/h3-10,15-16,21,26H,11-14,17H2,1-2H3. The number of furan rings is 1. The van der Waals surface area contributed by atoms with Gasteiger partial charge >= 0.3 is 0 Å². The molecule has 2 aromatic carbocycles. The zero-order valence-corrected chi connectivity index (χ0v) is 19.9. The minimum Gasteiger partial charge on any atom is -0.493 e. The molecule has 1 aliphatic heterocycles. The van der Waals surface area contributed by atoms with Gasteiger partial charge in [0.1, 0.15) is 11.6 Å². The van der Waals surface area contributed by atoms with E-state index in [1.54, 1.807) is 30.5 Å². The molecule has 0 spiro atoms. The average Bonchev–Trinajstić information content (AvgIpc) is 3.39. The summed E-state index contributed by atoms with van der Waals surface area (Å²) in [6.45, 7) is 2.99. The molecule has 1 N–H and O–H groups in total. The van der Waals surface area contributed by atoms with Crippen LogP contribution < -0.4 is 19.1 Å². The Morgan fingerprint density at radius 2 is 1.71 bits per heavy atom. The number of anilines is 1. The molecule has 1 unspecified atom stereocenters. The van der Waals surface area contributed by atoms with Crippen molar-refractivity contribution in [2.75, 3.05) is 51.8 Å². The maximum atomic E-state index is 13.3. The van der Waals surface area contributed by atoms with Gasteiger partial charge in [0, 0.05) is 44.5 Å². The van der Waals surface area contributed by atoms with Crippen LogP contribution in [0, 0.1) is 5.82 Å². The molecule has 2 heterocycles. The van der Waals surface area contributed by atoms with Gasteiger partial charge in [0.25, 0.3) is 0 Å². The Hall–Kier alpha value is -3.08. The lowest BCUT2D eigenvalue weighted by Gasteiger charge is -2.39. The number of halogens is 1. The summed E-state index contributed by atoms with van der Waals surface area (Å²) in [5.74, 6) is 1.21. The van der Waals surface area contributed by atoms with Gasteiger partial charge in [0.2, 0.25) is 10.0 Å². The first-order valence-electron chi connectivity index (χ1n) is 10.9. The first kappa shape index (κ1) is 24.1. The molecule has 0 saturated carbocycles. The van der Waals surface area contributed by atoms with Gasteiger partial charge in [-0.2, -0.15) is 0 Å². The normalized spacial score (nSPS) is 15.8. The number of hydrogen-bond acceptors (Lipinski definition) is 7. The molecule has 1 aromatic heterocycles. The third-order valence-corrected chi connectivity index (χ3v) is 7.37. The number of benzene rings is 2. The van der Waals surface area contributed by atoms with Crippen LogP contribution in [0.5, 0.6) is 11.5 Å². The molecular weight excluding hydrogens is 461 g/mol. The SMILES string of the molecule is COc1ccc(S(=O)(=O)NCC(c2ccco2)N2CCN(c3ccc(F)cc3)CC2)cc1OC. The predicted octanol–water partition coefficient (Wildman–Crippen LogP) is 3.28. The van der Waals surface area contributed by atoms with E-state index in [0.717, 1.165) is 18.8 Å². The van der Waals surface area contributed by atoms with Crippen molar-refractivity contribution in [3.8, 4) is 11.5 Å². The molecule has 0 amide bonds. The lowest BCUT2D eigenvalue weighted by Crippen LogP contribution is -2.49. The molecule has 1 saturated heterocycles. The van der Waals surface area contributed by atoms with Gasteiger partial charge in [0.15, 0.2) is 11.5 Å². The molecule has 34 heavy (non-hydrogen) atoms. The minimum atomic E-state index is -3.80. The predicted molar refractivity (Wildman–Crippen MR) is 126 cm³/mol. The summed E-state index contributed by atoms with van der Waals surface area (Å²) >= 11 is 0. The summed E-state index contributed by atoms with van der Waals surface area (Å²) in [7, 11) is -0.848. The van der Waals surface area contributed by atoms with Gasteiger partial charge in [-0.05, 0) is 48.5 Å². The second-order valence-corrected chi connectivity index (χ2v) is 9.67. The quantitative estimate of drug-likeness (QED) is 0.494. The van der Waals surface area contributed by atoms with Crippen molar-refractivity contribution in [2.45, 2.75) is 10.9 Å². The number of rotatable bonds is 9. The highest BCUT2D eigenvalue weighted by Crippen LogP contribution is 2.30. The van der Waals surface area contributed by atoms with Gasteiger partial charge < -0.3 is 18.8 Å². The van der Waals surface area contributed by atoms with Crippen molar-refractivity contribution in [3.63, 3.8) is 0 Å². The zero-order chi connectivity index (χ0) is 24.1. The number of hydrogen-bond donors (Lipinski definition) is 1. The van der Waals surface area contributed by atoms with Gasteiger partial charge in [-0.15, -0.1) is 0 Å². The fourth-order valence-corrected chi connectivity index (χ4v) is 5.14. The average molecular weight is 490 g/mol. The van der Waals surface area contributed by atoms with E-state index in [9.17, 15) is 12.8 Å². The van der Waals surface area contributed by atoms with E-state index in [2.05, 4.69) is 14.5 Å². The van der Waals surface area contributed by atoms with Crippen LogP contribution in [0.15, 0.2) is 70.2 Å². The monoisotopic (exact) mass is 489 g/mol. The fraction of sp³-hybridized carbons (Fsp3) is 0.333. The fourth-order valence-electron chi connectivity index (χ4n) is 4.09. The Bertz CT molecular complexity index is 1180. The van der Waals surface area contributed by atoms with Crippen LogP contribution >= 0.6 is 0 Å². The van der Waals surface area contributed by atoms with Crippen LogP contribution in [0.3, 0.4) is 0 Å². The molecule has 8 nitrogen and oxygen atoms in total. The molecule has 4 rings (SSSR count). The summed E-state index contributed by atoms with van der Waals surface area (Å²) in [6, 6.07) is 14.3. The number of ether oxygens (including phenoxy) is 2. The number of methoxy groups -OCH3 is 2. The number of piperazine rings is 1. The molecular formula is C24H28FN3O5S. The molecule has 1 atom stereocenters. The largest absolute Gasteiger partial charge is 0.493 e. The first-order valence-corrected chi connectivity index (χ1v) is 12.4. The lowest BCUT2D eigenvalue weighted by atomic mass is 10.1. The number of sulfonamides is 1. The highest BCUT2D eigenvalue weighted by Gasteiger charge is 2.29. The van der Waals surface area contributed by atoms with Crippen molar-refractivity contribution in [3.05, 3.63) is 72.4 Å². The molecule has 1 fully saturated rings. The Kier molecular flexibility index (Phi) is 7.40. The van der Waals surface area contributed by atoms with Gasteiger partial charge in [-0.3, -0.25) is 4.90 Å². The van der Waals surface area contributed by atoms with Crippen molar-refractivity contribution in [2.24, 2.45) is 0 Å². The molecule has 0 aliphatic carbocycles. The number of nitrogens with zero attached hydrogens (tertiary/aromatic N) is 2. The Labute approximate surface area is 198 Å². The van der Waals surface area contributed by atoms with E-state index >= 15 is 0 Å². The third-order valence-electron chi connectivity index (χ3n) is 5.95. The maximum Gasteiger partial charge on any atom is 0.240 e. The van der Waals surface area contributed by atoms with Crippen molar-refractivity contribution < 1.29 is 26.7 Å². The molecule has 0 radical (unpaired) electrons. The first-order chi connectivity index (χ1) is 16.4. The second kappa shape index (κ2) is 10.5. The summed E-state index contributed by atoms with van der Waals surface area (Å²) in [6.07, 6.45) is 1.58. The second-order valence-electron chi connectivity index (χ2n) is 7.90. The smallest absolute Gasteiger partial charge is 0.240 e. The molecule has 3 aromatic rings. The Balaban J connectivity index is 1.46. The van der Waals surface area contributed by atoms with E-state index in [-0.39, 0.29) is 23.3 Å². The van der Waals surface area contributed by atoms with Crippen LogP contribution in [0.4, 0.5) is 10.1 Å². The van der Waals surface area contributed by atoms with Crippen LogP contribution in [0.2, 0.25) is 0 Å². The third kappa shape index (κ3) is 5.35. The molecule has 0 bridgehead atoms. The highest BCUT2D eigenvalue weighted by molar-refractivity contribution is 7.89. The van der Waals surface area contributed by atoms with Crippen LogP contribution in [0.1, 0.15) is 11.8 Å². The van der Waals surface area contributed by atoms with Crippen LogP contribution in [-0.4, -0.2) is 60.3 Å². The van der Waals surface area contributed by atoms with E-state index in [1.165, 1.54) is 38.5 Å². The lowest BCUT2D eigenvalue weighted by molar-refractivity contribution is 0.166.